The van der Waals surface area contributed by atoms with Crippen LogP contribution in [0.4, 0.5) is 4.79 Å². The van der Waals surface area contributed by atoms with Gasteiger partial charge in [0.05, 0.1) is 11.7 Å². The summed E-state index contributed by atoms with van der Waals surface area (Å²) >= 11 is 0. The van der Waals surface area contributed by atoms with E-state index in [1.165, 1.54) is 0 Å². The molecule has 0 fully saturated rings. The Morgan fingerprint density at radius 2 is 1.92 bits per heavy atom. The number of ether oxygens (including phenoxy) is 1. The van der Waals surface area contributed by atoms with Crippen molar-refractivity contribution in [1.29, 1.82) is 0 Å². The standard InChI is InChI=1S/C18H34N4O2/c1-14(2)21(16(23)24-18(6,7)8)10-9-19-11-15-12-20-22(13-15)17(3,4)5/h12-14,19H,9-11H2,1-8H3. The van der Waals surface area contributed by atoms with Crippen molar-refractivity contribution in [3.63, 3.8) is 0 Å². The van der Waals surface area contributed by atoms with Gasteiger partial charge in [0.15, 0.2) is 0 Å². The van der Waals surface area contributed by atoms with E-state index in [-0.39, 0.29) is 17.7 Å². The Morgan fingerprint density at radius 3 is 2.38 bits per heavy atom. The van der Waals surface area contributed by atoms with Gasteiger partial charge in [-0.3, -0.25) is 4.68 Å². The molecule has 0 aromatic carbocycles. The van der Waals surface area contributed by atoms with E-state index in [0.29, 0.717) is 13.1 Å². The van der Waals surface area contributed by atoms with Crippen molar-refractivity contribution in [2.24, 2.45) is 0 Å². The summed E-state index contributed by atoms with van der Waals surface area (Å²) in [5.41, 5.74) is 0.654. The van der Waals surface area contributed by atoms with Crippen LogP contribution in [0, 0.1) is 0 Å². The van der Waals surface area contributed by atoms with Gasteiger partial charge < -0.3 is 15.0 Å². The van der Waals surface area contributed by atoms with E-state index in [1.54, 1.807) is 4.90 Å². The van der Waals surface area contributed by atoms with Gasteiger partial charge in [-0.2, -0.15) is 5.10 Å². The average molecular weight is 338 g/mol. The van der Waals surface area contributed by atoms with E-state index in [4.69, 9.17) is 4.74 Å². The zero-order valence-corrected chi connectivity index (χ0v) is 16.5. The Labute approximate surface area is 146 Å². The third-order valence-corrected chi connectivity index (χ3v) is 3.43. The van der Waals surface area contributed by atoms with Crippen LogP contribution in [0.15, 0.2) is 12.4 Å². The van der Waals surface area contributed by atoms with Crippen molar-refractivity contribution in [3.05, 3.63) is 18.0 Å². The number of aromatic nitrogens is 2. The average Bonchev–Trinajstić information content (AvgIpc) is 2.84. The minimum Gasteiger partial charge on any atom is -0.444 e. The Hall–Kier alpha value is -1.56. The Morgan fingerprint density at radius 1 is 1.29 bits per heavy atom. The molecule has 0 aliphatic rings. The van der Waals surface area contributed by atoms with E-state index in [2.05, 4.69) is 37.4 Å². The molecule has 1 N–H and O–H groups in total. The van der Waals surface area contributed by atoms with Crippen molar-refractivity contribution in [2.75, 3.05) is 13.1 Å². The largest absolute Gasteiger partial charge is 0.444 e. The Kier molecular flexibility index (Phi) is 6.84. The lowest BCUT2D eigenvalue weighted by Crippen LogP contribution is -2.44. The fourth-order valence-corrected chi connectivity index (χ4v) is 2.13. The zero-order chi connectivity index (χ0) is 18.5. The summed E-state index contributed by atoms with van der Waals surface area (Å²) in [6, 6.07) is 0.102. The zero-order valence-electron chi connectivity index (χ0n) is 16.5. The van der Waals surface area contributed by atoms with Gasteiger partial charge >= 0.3 is 6.09 Å². The highest BCUT2D eigenvalue weighted by molar-refractivity contribution is 5.68. The minimum absolute atomic E-state index is 0.0105. The third kappa shape index (κ3) is 6.91. The first-order valence-electron chi connectivity index (χ1n) is 8.64. The molecule has 1 heterocycles. The molecule has 0 radical (unpaired) electrons. The maximum Gasteiger partial charge on any atom is 0.410 e. The molecule has 1 aromatic heterocycles. The molecule has 0 saturated heterocycles. The first-order chi connectivity index (χ1) is 10.9. The number of nitrogens with one attached hydrogen (secondary N) is 1. The van der Waals surface area contributed by atoms with Crippen molar-refractivity contribution in [2.45, 2.75) is 79.1 Å². The van der Waals surface area contributed by atoms with E-state index >= 15 is 0 Å². The highest BCUT2D eigenvalue weighted by Crippen LogP contribution is 2.13. The second kappa shape index (κ2) is 8.01. The normalized spacial score (nSPS) is 12.5. The molecule has 6 heteroatoms. The van der Waals surface area contributed by atoms with E-state index in [0.717, 1.165) is 12.1 Å². The molecule has 0 spiro atoms. The van der Waals surface area contributed by atoms with Crippen LogP contribution in [0.5, 0.6) is 0 Å². The topological polar surface area (TPSA) is 59.4 Å². The van der Waals surface area contributed by atoms with Crippen LogP contribution in [0.3, 0.4) is 0 Å². The molecule has 138 valence electrons. The van der Waals surface area contributed by atoms with Crippen LogP contribution < -0.4 is 5.32 Å². The summed E-state index contributed by atoms with van der Waals surface area (Å²) in [6.45, 7) is 18.1. The summed E-state index contributed by atoms with van der Waals surface area (Å²) in [4.78, 5) is 14.0. The van der Waals surface area contributed by atoms with Crippen molar-refractivity contribution in [1.82, 2.24) is 20.0 Å². The van der Waals surface area contributed by atoms with Crippen molar-refractivity contribution < 1.29 is 9.53 Å². The van der Waals surface area contributed by atoms with Gasteiger partial charge in [0.25, 0.3) is 0 Å². The van der Waals surface area contributed by atoms with Gasteiger partial charge in [0.2, 0.25) is 0 Å². The van der Waals surface area contributed by atoms with Crippen LogP contribution in [0.1, 0.15) is 61.0 Å². The van der Waals surface area contributed by atoms with Crippen molar-refractivity contribution in [3.8, 4) is 0 Å². The molecule has 1 rings (SSSR count). The molecular formula is C18H34N4O2. The molecule has 6 nitrogen and oxygen atoms in total. The minimum atomic E-state index is -0.473. The van der Waals surface area contributed by atoms with E-state index < -0.39 is 5.60 Å². The number of hydrogen-bond donors (Lipinski definition) is 1. The SMILES string of the molecule is CC(C)N(CCNCc1cnn(C(C)(C)C)c1)C(=O)OC(C)(C)C. The first-order valence-corrected chi connectivity index (χ1v) is 8.64. The van der Waals surface area contributed by atoms with Gasteiger partial charge in [-0.15, -0.1) is 0 Å². The fraction of sp³-hybridized carbons (Fsp3) is 0.778. The number of carbonyl (C=O) groups excluding carboxylic acids is 1. The van der Waals surface area contributed by atoms with Crippen LogP contribution in [0.2, 0.25) is 0 Å². The number of nitrogens with zero attached hydrogens (tertiary/aromatic N) is 3. The second-order valence-corrected chi connectivity index (χ2v) is 8.41. The summed E-state index contributed by atoms with van der Waals surface area (Å²) in [6.07, 6.45) is 3.67. The van der Waals surface area contributed by atoms with Crippen LogP contribution in [-0.4, -0.2) is 45.5 Å². The Bertz CT molecular complexity index is 524. The van der Waals surface area contributed by atoms with Gasteiger partial charge in [-0.1, -0.05) is 0 Å². The Balaban J connectivity index is 2.46. The molecule has 1 aromatic rings. The highest BCUT2D eigenvalue weighted by atomic mass is 16.6. The molecule has 0 saturated carbocycles. The van der Waals surface area contributed by atoms with Gasteiger partial charge in [-0.05, 0) is 55.4 Å². The van der Waals surface area contributed by atoms with Gasteiger partial charge in [0.1, 0.15) is 5.60 Å². The smallest absolute Gasteiger partial charge is 0.410 e. The third-order valence-electron chi connectivity index (χ3n) is 3.43. The summed E-state index contributed by atoms with van der Waals surface area (Å²) < 4.78 is 7.43. The summed E-state index contributed by atoms with van der Waals surface area (Å²) in [5, 5.41) is 7.76. The molecule has 0 unspecified atom stereocenters. The molecule has 0 atom stereocenters. The number of rotatable bonds is 6. The van der Waals surface area contributed by atoms with E-state index in [1.807, 2.05) is 45.5 Å². The first kappa shape index (κ1) is 20.5. The van der Waals surface area contributed by atoms with Gasteiger partial charge in [0, 0.05) is 37.4 Å². The predicted octanol–water partition coefficient (Wildman–Crippen LogP) is 3.37. The predicted molar refractivity (Wildman–Crippen MR) is 97.0 cm³/mol. The van der Waals surface area contributed by atoms with E-state index in [9.17, 15) is 4.79 Å². The van der Waals surface area contributed by atoms with Crippen LogP contribution in [0.25, 0.3) is 0 Å². The monoisotopic (exact) mass is 338 g/mol. The van der Waals surface area contributed by atoms with Crippen LogP contribution in [-0.2, 0) is 16.8 Å². The second-order valence-electron chi connectivity index (χ2n) is 8.41. The number of amides is 1. The fourth-order valence-electron chi connectivity index (χ4n) is 2.13. The lowest BCUT2D eigenvalue weighted by Gasteiger charge is -2.30. The highest BCUT2D eigenvalue weighted by Gasteiger charge is 2.23. The van der Waals surface area contributed by atoms with Gasteiger partial charge in [-0.25, -0.2) is 4.79 Å². The maximum absolute atomic E-state index is 12.2. The molecule has 0 aliphatic heterocycles. The summed E-state index contributed by atoms with van der Waals surface area (Å²) in [5.74, 6) is 0. The molecule has 0 aliphatic carbocycles. The summed E-state index contributed by atoms with van der Waals surface area (Å²) in [7, 11) is 0. The molecule has 24 heavy (non-hydrogen) atoms. The molecular weight excluding hydrogens is 304 g/mol. The van der Waals surface area contributed by atoms with Crippen molar-refractivity contribution >= 4 is 6.09 Å². The van der Waals surface area contributed by atoms with Crippen LogP contribution >= 0.6 is 0 Å². The number of hydrogen-bond acceptors (Lipinski definition) is 4. The number of carbonyl (C=O) groups is 1. The molecule has 0 bridgehead atoms. The lowest BCUT2D eigenvalue weighted by atomic mass is 10.1. The lowest BCUT2D eigenvalue weighted by molar-refractivity contribution is 0.0193. The maximum atomic E-state index is 12.2. The quantitative estimate of drug-likeness (QED) is 0.808. The molecule has 1 amide bonds.